The summed E-state index contributed by atoms with van der Waals surface area (Å²) in [6.07, 6.45) is 0. The number of rotatable bonds is 5. The number of hydrogen-bond donors (Lipinski definition) is 1. The van der Waals surface area contributed by atoms with Gasteiger partial charge < -0.3 is 4.74 Å². The molecule has 0 radical (unpaired) electrons. The molecular weight excluding hydrogens is 274 g/mol. The zero-order valence-corrected chi connectivity index (χ0v) is 12.5. The van der Waals surface area contributed by atoms with Gasteiger partial charge in [-0.3, -0.25) is 10.1 Å². The molecule has 1 aromatic heterocycles. The van der Waals surface area contributed by atoms with Gasteiger partial charge in [-0.2, -0.15) is 0 Å². The molecule has 6 heteroatoms. The molecule has 2 rings (SSSR count). The van der Waals surface area contributed by atoms with Crippen molar-refractivity contribution in [3.05, 3.63) is 34.8 Å². The SMILES string of the molecule is Cc1nnc(NC(=O)c2ccc(OCC(C)C)cc2)s1. The molecule has 0 atom stereocenters. The van der Waals surface area contributed by atoms with Crippen molar-refractivity contribution < 1.29 is 9.53 Å². The molecule has 1 heterocycles. The number of anilines is 1. The third-order valence-corrected chi connectivity index (χ3v) is 3.20. The highest BCUT2D eigenvalue weighted by Crippen LogP contribution is 2.17. The van der Waals surface area contributed by atoms with Gasteiger partial charge in [-0.25, -0.2) is 0 Å². The summed E-state index contributed by atoms with van der Waals surface area (Å²) in [5.74, 6) is 1.04. The van der Waals surface area contributed by atoms with Crippen LogP contribution in [0.25, 0.3) is 0 Å². The molecule has 0 spiro atoms. The second-order valence-corrected chi connectivity index (χ2v) is 5.99. The second kappa shape index (κ2) is 6.47. The van der Waals surface area contributed by atoms with Crippen LogP contribution in [0, 0.1) is 12.8 Å². The van der Waals surface area contributed by atoms with Crippen molar-refractivity contribution >= 4 is 22.4 Å². The van der Waals surface area contributed by atoms with Crippen LogP contribution in [0.1, 0.15) is 29.2 Å². The Labute approximate surface area is 122 Å². The fraction of sp³-hybridized carbons (Fsp3) is 0.357. The van der Waals surface area contributed by atoms with Crippen LogP contribution in [0.2, 0.25) is 0 Å². The number of carbonyl (C=O) groups excluding carboxylic acids is 1. The number of ether oxygens (including phenoxy) is 1. The maximum atomic E-state index is 12.0. The summed E-state index contributed by atoms with van der Waals surface area (Å²) in [5.41, 5.74) is 0.565. The standard InChI is InChI=1S/C14H17N3O2S/c1-9(2)8-19-12-6-4-11(5-7-12)13(18)15-14-17-16-10(3)20-14/h4-7,9H,8H2,1-3H3,(H,15,17,18). The van der Waals surface area contributed by atoms with E-state index in [1.54, 1.807) is 24.3 Å². The first-order valence-electron chi connectivity index (χ1n) is 6.39. The summed E-state index contributed by atoms with van der Waals surface area (Å²) in [6, 6.07) is 7.06. The molecule has 1 N–H and O–H groups in total. The normalized spacial score (nSPS) is 10.6. The lowest BCUT2D eigenvalue weighted by molar-refractivity contribution is 0.102. The van der Waals surface area contributed by atoms with Crippen molar-refractivity contribution in [2.45, 2.75) is 20.8 Å². The maximum absolute atomic E-state index is 12.0. The number of nitrogens with zero attached hydrogens (tertiary/aromatic N) is 2. The lowest BCUT2D eigenvalue weighted by Crippen LogP contribution is -2.11. The van der Waals surface area contributed by atoms with Gasteiger partial charge in [0.2, 0.25) is 5.13 Å². The van der Waals surface area contributed by atoms with E-state index in [1.165, 1.54) is 11.3 Å². The van der Waals surface area contributed by atoms with Gasteiger partial charge >= 0.3 is 0 Å². The molecule has 1 aromatic carbocycles. The summed E-state index contributed by atoms with van der Waals surface area (Å²) >= 11 is 1.35. The van der Waals surface area contributed by atoms with Crippen LogP contribution in [0.3, 0.4) is 0 Å². The van der Waals surface area contributed by atoms with E-state index in [0.717, 1.165) is 10.8 Å². The Morgan fingerprint density at radius 2 is 2.00 bits per heavy atom. The van der Waals surface area contributed by atoms with Crippen molar-refractivity contribution in [2.24, 2.45) is 5.92 Å². The first kappa shape index (κ1) is 14.5. The molecular formula is C14H17N3O2S. The van der Waals surface area contributed by atoms with Gasteiger partial charge in [0.05, 0.1) is 6.61 Å². The number of amides is 1. The fourth-order valence-corrected chi connectivity index (χ4v) is 2.07. The first-order valence-corrected chi connectivity index (χ1v) is 7.20. The average Bonchev–Trinajstić information content (AvgIpc) is 2.82. The predicted molar refractivity (Wildman–Crippen MR) is 79.4 cm³/mol. The Kier molecular flexibility index (Phi) is 4.68. The van der Waals surface area contributed by atoms with Crippen LogP contribution in [-0.2, 0) is 0 Å². The third kappa shape index (κ3) is 4.03. The molecule has 0 aliphatic rings. The summed E-state index contributed by atoms with van der Waals surface area (Å²) in [5, 5.41) is 11.7. The van der Waals surface area contributed by atoms with Gasteiger partial charge in [0.15, 0.2) is 0 Å². The smallest absolute Gasteiger partial charge is 0.257 e. The Morgan fingerprint density at radius 1 is 1.30 bits per heavy atom. The fourth-order valence-electron chi connectivity index (χ4n) is 1.48. The number of carbonyl (C=O) groups is 1. The van der Waals surface area contributed by atoms with Crippen LogP contribution >= 0.6 is 11.3 Å². The molecule has 2 aromatic rings. The van der Waals surface area contributed by atoms with E-state index >= 15 is 0 Å². The number of aryl methyl sites for hydroxylation is 1. The number of hydrogen-bond acceptors (Lipinski definition) is 5. The van der Waals surface area contributed by atoms with Crippen LogP contribution in [-0.4, -0.2) is 22.7 Å². The van der Waals surface area contributed by atoms with Crippen LogP contribution in [0.15, 0.2) is 24.3 Å². The maximum Gasteiger partial charge on any atom is 0.257 e. The molecule has 0 saturated heterocycles. The third-order valence-electron chi connectivity index (χ3n) is 2.45. The lowest BCUT2D eigenvalue weighted by Gasteiger charge is -2.09. The molecule has 106 valence electrons. The molecule has 1 amide bonds. The minimum Gasteiger partial charge on any atom is -0.493 e. The Hall–Kier alpha value is -1.95. The highest BCUT2D eigenvalue weighted by atomic mass is 32.1. The predicted octanol–water partition coefficient (Wildman–Crippen LogP) is 3.13. The minimum atomic E-state index is -0.198. The van der Waals surface area contributed by atoms with E-state index in [-0.39, 0.29) is 5.91 Å². The number of benzene rings is 1. The van der Waals surface area contributed by atoms with Gasteiger partial charge in [-0.05, 0) is 37.1 Å². The Morgan fingerprint density at radius 3 is 2.55 bits per heavy atom. The lowest BCUT2D eigenvalue weighted by atomic mass is 10.2. The summed E-state index contributed by atoms with van der Waals surface area (Å²) in [6.45, 7) is 6.68. The molecule has 0 aliphatic heterocycles. The second-order valence-electron chi connectivity index (χ2n) is 4.81. The summed E-state index contributed by atoms with van der Waals surface area (Å²) < 4.78 is 5.57. The van der Waals surface area contributed by atoms with Gasteiger partial charge in [-0.1, -0.05) is 25.2 Å². The minimum absolute atomic E-state index is 0.198. The van der Waals surface area contributed by atoms with E-state index in [4.69, 9.17) is 4.74 Å². The zero-order valence-electron chi connectivity index (χ0n) is 11.7. The van der Waals surface area contributed by atoms with Gasteiger partial charge in [0.25, 0.3) is 5.91 Å². The molecule has 20 heavy (non-hydrogen) atoms. The van der Waals surface area contributed by atoms with E-state index in [9.17, 15) is 4.79 Å². The summed E-state index contributed by atoms with van der Waals surface area (Å²) in [4.78, 5) is 12.0. The Balaban J connectivity index is 1.96. The summed E-state index contributed by atoms with van der Waals surface area (Å²) in [7, 11) is 0. The van der Waals surface area contributed by atoms with Crippen LogP contribution in [0.5, 0.6) is 5.75 Å². The van der Waals surface area contributed by atoms with E-state index in [1.807, 2.05) is 6.92 Å². The molecule has 0 fully saturated rings. The molecule has 0 unspecified atom stereocenters. The Bertz CT molecular complexity index is 578. The largest absolute Gasteiger partial charge is 0.493 e. The van der Waals surface area contributed by atoms with Crippen molar-refractivity contribution in [1.29, 1.82) is 0 Å². The van der Waals surface area contributed by atoms with Crippen LogP contribution < -0.4 is 10.1 Å². The van der Waals surface area contributed by atoms with Gasteiger partial charge in [-0.15, -0.1) is 10.2 Å². The molecule has 5 nitrogen and oxygen atoms in total. The van der Waals surface area contributed by atoms with E-state index in [2.05, 4.69) is 29.4 Å². The van der Waals surface area contributed by atoms with Crippen LogP contribution in [0.4, 0.5) is 5.13 Å². The topological polar surface area (TPSA) is 64.1 Å². The van der Waals surface area contributed by atoms with Crippen molar-refractivity contribution in [3.8, 4) is 5.75 Å². The quantitative estimate of drug-likeness (QED) is 0.919. The molecule has 0 aliphatic carbocycles. The number of aromatic nitrogens is 2. The highest BCUT2D eigenvalue weighted by molar-refractivity contribution is 7.15. The highest BCUT2D eigenvalue weighted by Gasteiger charge is 2.09. The van der Waals surface area contributed by atoms with E-state index in [0.29, 0.717) is 23.2 Å². The zero-order chi connectivity index (χ0) is 14.5. The number of nitrogens with one attached hydrogen (secondary N) is 1. The van der Waals surface area contributed by atoms with Gasteiger partial charge in [0.1, 0.15) is 10.8 Å². The van der Waals surface area contributed by atoms with Crippen molar-refractivity contribution in [3.63, 3.8) is 0 Å². The molecule has 0 saturated carbocycles. The monoisotopic (exact) mass is 291 g/mol. The van der Waals surface area contributed by atoms with E-state index < -0.39 is 0 Å². The van der Waals surface area contributed by atoms with Crippen molar-refractivity contribution in [1.82, 2.24) is 10.2 Å². The first-order chi connectivity index (χ1) is 9.54. The molecule has 0 bridgehead atoms. The van der Waals surface area contributed by atoms with Gasteiger partial charge in [0, 0.05) is 5.56 Å². The van der Waals surface area contributed by atoms with Crippen molar-refractivity contribution in [2.75, 3.05) is 11.9 Å². The average molecular weight is 291 g/mol.